The van der Waals surface area contributed by atoms with Gasteiger partial charge >= 0.3 is 0 Å². The molecule has 4 rings (SSSR count). The summed E-state index contributed by atoms with van der Waals surface area (Å²) in [5.41, 5.74) is 1.48. The van der Waals surface area contributed by atoms with Gasteiger partial charge in [-0.2, -0.15) is 4.31 Å². The molecular weight excluding hydrogens is 467 g/mol. The Kier molecular flexibility index (Phi) is 8.28. The predicted octanol–water partition coefficient (Wildman–Crippen LogP) is 4.25. The van der Waals surface area contributed by atoms with Gasteiger partial charge in [0.25, 0.3) is 0 Å². The Balaban J connectivity index is 1.58. The first-order valence-corrected chi connectivity index (χ1v) is 14.1. The molecule has 0 radical (unpaired) electrons. The minimum absolute atomic E-state index is 0.0109. The van der Waals surface area contributed by atoms with Crippen LogP contribution < -0.4 is 5.32 Å². The average Bonchev–Trinajstić information content (AvgIpc) is 2.86. The molecule has 3 atom stereocenters. The van der Waals surface area contributed by atoms with E-state index in [2.05, 4.69) is 5.32 Å². The molecule has 6 nitrogen and oxygen atoms in total. The molecule has 2 N–H and O–H groups in total. The molecule has 0 bridgehead atoms. The van der Waals surface area contributed by atoms with Crippen molar-refractivity contribution in [3.8, 4) is 0 Å². The molecular formula is C27H37FN2O4S. The topological polar surface area (TPSA) is 78.9 Å². The standard InChI is InChI=1S/C27H37FN2O4S/c1-3-24(31)18-29-27(13-15-34-16-14-27)23-11-10-22(25(28)17-23)19-30-20(2)9-12-26(35(30,32)33)21-7-5-4-6-8-21/h4-8,10-11,17,20,24,26,29,31H,3,9,12-16,18-19H2,1-2H3/t20-,24-,26+/m0/s1. The van der Waals surface area contributed by atoms with Crippen molar-refractivity contribution in [2.75, 3.05) is 19.8 Å². The number of rotatable bonds is 8. The second kappa shape index (κ2) is 11.0. The summed E-state index contributed by atoms with van der Waals surface area (Å²) in [5, 5.41) is 12.9. The van der Waals surface area contributed by atoms with Crippen LogP contribution in [0.5, 0.6) is 0 Å². The summed E-state index contributed by atoms with van der Waals surface area (Å²) in [6, 6.07) is 14.2. The van der Waals surface area contributed by atoms with Gasteiger partial charge in [-0.15, -0.1) is 0 Å². The second-order valence-electron chi connectivity index (χ2n) is 9.86. The van der Waals surface area contributed by atoms with Crippen LogP contribution in [0.4, 0.5) is 4.39 Å². The van der Waals surface area contributed by atoms with Crippen LogP contribution in [0.1, 0.15) is 67.9 Å². The van der Waals surface area contributed by atoms with E-state index in [1.54, 1.807) is 6.07 Å². The number of nitrogens with one attached hydrogen (secondary N) is 1. The summed E-state index contributed by atoms with van der Waals surface area (Å²) in [6.07, 6.45) is 2.81. The molecule has 0 aliphatic carbocycles. The smallest absolute Gasteiger partial charge is 0.221 e. The SMILES string of the molecule is CC[C@H](O)CNC1(c2ccc(CN3[C@@H](C)CC[C@H](c4ccccc4)S3(=O)=O)c(F)c2)CCOCC1. The van der Waals surface area contributed by atoms with Crippen LogP contribution in [0.15, 0.2) is 48.5 Å². The first-order valence-electron chi connectivity index (χ1n) is 12.6. The Morgan fingerprint density at radius 3 is 2.54 bits per heavy atom. The highest BCUT2D eigenvalue weighted by molar-refractivity contribution is 7.89. The molecule has 0 unspecified atom stereocenters. The van der Waals surface area contributed by atoms with Gasteiger partial charge in [0.2, 0.25) is 10.0 Å². The number of hydrogen-bond donors (Lipinski definition) is 2. The summed E-state index contributed by atoms with van der Waals surface area (Å²) in [6.45, 7) is 5.37. The van der Waals surface area contributed by atoms with Crippen molar-refractivity contribution in [2.45, 2.75) is 75.4 Å². The number of hydrogen-bond acceptors (Lipinski definition) is 5. The largest absolute Gasteiger partial charge is 0.392 e. The molecule has 2 fully saturated rings. The molecule has 192 valence electrons. The van der Waals surface area contributed by atoms with Crippen molar-refractivity contribution >= 4 is 10.0 Å². The van der Waals surface area contributed by atoms with E-state index >= 15 is 4.39 Å². The molecule has 2 heterocycles. The van der Waals surface area contributed by atoms with Crippen LogP contribution in [0.2, 0.25) is 0 Å². The Labute approximate surface area is 208 Å². The lowest BCUT2D eigenvalue weighted by Crippen LogP contribution is -2.49. The number of halogens is 1. The van der Waals surface area contributed by atoms with Crippen LogP contribution in [0, 0.1) is 5.82 Å². The first kappa shape index (κ1) is 26.2. The number of benzene rings is 2. The van der Waals surface area contributed by atoms with Gasteiger partial charge in [0.15, 0.2) is 0 Å². The van der Waals surface area contributed by atoms with Crippen molar-refractivity contribution in [1.82, 2.24) is 9.62 Å². The highest BCUT2D eigenvalue weighted by Crippen LogP contribution is 2.39. The Morgan fingerprint density at radius 1 is 1.17 bits per heavy atom. The summed E-state index contributed by atoms with van der Waals surface area (Å²) in [4.78, 5) is 0. The third kappa shape index (κ3) is 5.62. The number of ether oxygens (including phenoxy) is 1. The van der Waals surface area contributed by atoms with Crippen molar-refractivity contribution in [3.05, 3.63) is 71.0 Å². The van der Waals surface area contributed by atoms with Gasteiger partial charge in [-0.3, -0.25) is 0 Å². The highest BCUT2D eigenvalue weighted by Gasteiger charge is 2.41. The zero-order valence-electron chi connectivity index (χ0n) is 20.6. The zero-order chi connectivity index (χ0) is 25.1. The van der Waals surface area contributed by atoms with Crippen LogP contribution in [0.3, 0.4) is 0 Å². The molecule has 2 aromatic rings. The molecule has 8 heteroatoms. The summed E-state index contributed by atoms with van der Waals surface area (Å²) >= 11 is 0. The van der Waals surface area contributed by atoms with Gasteiger partial charge in [0, 0.05) is 43.4 Å². The molecule has 0 spiro atoms. The molecule has 0 saturated carbocycles. The van der Waals surface area contributed by atoms with E-state index in [4.69, 9.17) is 4.74 Å². The maximum atomic E-state index is 15.5. The minimum atomic E-state index is -3.64. The van der Waals surface area contributed by atoms with Gasteiger partial charge in [-0.25, -0.2) is 12.8 Å². The second-order valence-corrected chi connectivity index (χ2v) is 11.9. The Hall–Kier alpha value is -1.84. The number of aliphatic hydroxyl groups excluding tert-OH is 1. The van der Waals surface area contributed by atoms with Crippen molar-refractivity contribution < 1.29 is 22.7 Å². The van der Waals surface area contributed by atoms with Gasteiger partial charge in [-0.1, -0.05) is 49.4 Å². The molecule has 35 heavy (non-hydrogen) atoms. The number of sulfonamides is 1. The maximum Gasteiger partial charge on any atom is 0.221 e. The molecule has 2 aromatic carbocycles. The molecule has 2 aliphatic heterocycles. The van der Waals surface area contributed by atoms with Gasteiger partial charge in [0.1, 0.15) is 11.1 Å². The van der Waals surface area contributed by atoms with Crippen molar-refractivity contribution in [1.29, 1.82) is 0 Å². The highest BCUT2D eigenvalue weighted by atomic mass is 32.2. The fraction of sp³-hybridized carbons (Fsp3) is 0.556. The average molecular weight is 505 g/mol. The normalized spacial score (nSPS) is 25.3. The molecule has 2 aliphatic rings. The lowest BCUT2D eigenvalue weighted by atomic mass is 9.82. The van der Waals surface area contributed by atoms with E-state index in [0.29, 0.717) is 51.0 Å². The summed E-state index contributed by atoms with van der Waals surface area (Å²) in [5.74, 6) is -0.407. The van der Waals surface area contributed by atoms with E-state index in [0.717, 1.165) is 17.5 Å². The lowest BCUT2D eigenvalue weighted by Gasteiger charge is -2.40. The zero-order valence-corrected chi connectivity index (χ0v) is 21.4. The van der Waals surface area contributed by atoms with Crippen LogP contribution in [-0.2, 0) is 26.8 Å². The quantitative estimate of drug-likeness (QED) is 0.562. The van der Waals surface area contributed by atoms with E-state index in [-0.39, 0.29) is 12.6 Å². The fourth-order valence-corrected chi connectivity index (χ4v) is 7.43. The number of nitrogens with zero attached hydrogens (tertiary/aromatic N) is 1. The van der Waals surface area contributed by atoms with Crippen LogP contribution in [0.25, 0.3) is 0 Å². The maximum absolute atomic E-state index is 15.5. The first-order chi connectivity index (χ1) is 16.8. The Bertz CT molecular complexity index is 1090. The third-order valence-corrected chi connectivity index (χ3v) is 9.99. The fourth-order valence-electron chi connectivity index (χ4n) is 5.24. The summed E-state index contributed by atoms with van der Waals surface area (Å²) in [7, 11) is -3.64. The number of aliphatic hydroxyl groups is 1. The minimum Gasteiger partial charge on any atom is -0.392 e. The van der Waals surface area contributed by atoms with E-state index in [9.17, 15) is 13.5 Å². The molecule has 0 aromatic heterocycles. The summed E-state index contributed by atoms with van der Waals surface area (Å²) < 4.78 is 49.6. The monoisotopic (exact) mass is 504 g/mol. The molecule has 2 saturated heterocycles. The lowest BCUT2D eigenvalue weighted by molar-refractivity contribution is 0.0296. The van der Waals surface area contributed by atoms with E-state index in [1.165, 1.54) is 10.4 Å². The van der Waals surface area contributed by atoms with Crippen molar-refractivity contribution in [2.24, 2.45) is 0 Å². The van der Waals surface area contributed by atoms with Crippen LogP contribution in [-0.4, -0.2) is 49.7 Å². The predicted molar refractivity (Wildman–Crippen MR) is 135 cm³/mol. The Morgan fingerprint density at radius 2 is 1.89 bits per heavy atom. The van der Waals surface area contributed by atoms with Gasteiger partial charge in [-0.05, 0) is 56.2 Å². The van der Waals surface area contributed by atoms with E-state index < -0.39 is 32.7 Å². The van der Waals surface area contributed by atoms with E-state index in [1.807, 2.05) is 50.2 Å². The third-order valence-electron chi connectivity index (χ3n) is 7.62. The van der Waals surface area contributed by atoms with Gasteiger partial charge < -0.3 is 15.2 Å². The van der Waals surface area contributed by atoms with Crippen LogP contribution >= 0.6 is 0 Å². The molecule has 0 amide bonds. The van der Waals surface area contributed by atoms with Gasteiger partial charge in [0.05, 0.1) is 6.10 Å². The van der Waals surface area contributed by atoms with Crippen molar-refractivity contribution in [3.63, 3.8) is 0 Å².